The van der Waals surface area contributed by atoms with Crippen molar-refractivity contribution in [2.24, 2.45) is 0 Å². The van der Waals surface area contributed by atoms with Crippen molar-refractivity contribution in [3.8, 4) is 0 Å². The number of rotatable bonds is 5. The molecule has 26 heavy (non-hydrogen) atoms. The summed E-state index contributed by atoms with van der Waals surface area (Å²) in [4.78, 5) is 16.2. The van der Waals surface area contributed by atoms with Crippen molar-refractivity contribution >= 4 is 17.2 Å². The lowest BCUT2D eigenvalue weighted by atomic mass is 9.81. The Morgan fingerprint density at radius 1 is 1.38 bits per heavy atom. The SMILES string of the molecule is CCCN1CC[C@@](C)(O)[C@@H](NC(=O)c2ccc(F)cc2)[C@@H]1c1cccs1. The van der Waals surface area contributed by atoms with Gasteiger partial charge >= 0.3 is 0 Å². The van der Waals surface area contributed by atoms with Crippen LogP contribution in [-0.2, 0) is 0 Å². The summed E-state index contributed by atoms with van der Waals surface area (Å²) in [7, 11) is 0. The molecule has 1 saturated heterocycles. The molecule has 4 nitrogen and oxygen atoms in total. The number of carbonyl (C=O) groups excluding carboxylic acids is 1. The summed E-state index contributed by atoms with van der Waals surface area (Å²) < 4.78 is 13.1. The minimum atomic E-state index is -1.02. The average molecular weight is 376 g/mol. The van der Waals surface area contributed by atoms with Gasteiger partial charge in [0.1, 0.15) is 5.82 Å². The number of aliphatic hydroxyl groups is 1. The van der Waals surface area contributed by atoms with Crippen LogP contribution in [0.3, 0.4) is 0 Å². The first-order valence-electron chi connectivity index (χ1n) is 8.98. The zero-order valence-corrected chi connectivity index (χ0v) is 15.9. The minimum absolute atomic E-state index is 0.0805. The van der Waals surface area contributed by atoms with Crippen LogP contribution in [0.25, 0.3) is 0 Å². The van der Waals surface area contributed by atoms with E-state index in [0.29, 0.717) is 12.0 Å². The van der Waals surface area contributed by atoms with Crippen molar-refractivity contribution in [2.75, 3.05) is 13.1 Å². The molecule has 0 aliphatic carbocycles. The maximum atomic E-state index is 13.1. The number of halogens is 1. The first-order chi connectivity index (χ1) is 12.4. The van der Waals surface area contributed by atoms with Crippen LogP contribution < -0.4 is 5.32 Å². The second-order valence-corrected chi connectivity index (χ2v) is 8.04. The van der Waals surface area contributed by atoms with Gasteiger partial charge in [0.2, 0.25) is 0 Å². The molecule has 0 unspecified atom stereocenters. The second kappa shape index (κ2) is 7.86. The van der Waals surface area contributed by atoms with Crippen LogP contribution in [0.4, 0.5) is 4.39 Å². The van der Waals surface area contributed by atoms with E-state index in [1.807, 2.05) is 11.4 Å². The number of nitrogens with one attached hydrogen (secondary N) is 1. The van der Waals surface area contributed by atoms with Gasteiger partial charge in [0.15, 0.2) is 0 Å². The van der Waals surface area contributed by atoms with Crippen molar-refractivity contribution in [1.82, 2.24) is 10.2 Å². The number of amides is 1. The first-order valence-corrected chi connectivity index (χ1v) is 9.86. The van der Waals surface area contributed by atoms with Crippen LogP contribution in [0.1, 0.15) is 48.0 Å². The zero-order valence-electron chi connectivity index (χ0n) is 15.1. The predicted molar refractivity (Wildman–Crippen MR) is 102 cm³/mol. The quantitative estimate of drug-likeness (QED) is 0.838. The number of likely N-dealkylation sites (tertiary alicyclic amines) is 1. The molecule has 1 aliphatic rings. The van der Waals surface area contributed by atoms with Crippen molar-refractivity contribution < 1.29 is 14.3 Å². The molecule has 3 atom stereocenters. The number of carbonyl (C=O) groups is 1. The van der Waals surface area contributed by atoms with Crippen molar-refractivity contribution in [3.63, 3.8) is 0 Å². The summed E-state index contributed by atoms with van der Waals surface area (Å²) in [5.41, 5.74) is -0.631. The third kappa shape index (κ3) is 3.98. The summed E-state index contributed by atoms with van der Waals surface area (Å²) in [5, 5.41) is 16.1. The molecule has 3 rings (SSSR count). The fourth-order valence-corrected chi connectivity index (χ4v) is 4.51. The van der Waals surface area contributed by atoms with Crippen LogP contribution >= 0.6 is 11.3 Å². The highest BCUT2D eigenvalue weighted by Crippen LogP contribution is 2.38. The van der Waals surface area contributed by atoms with Gasteiger partial charge in [-0.2, -0.15) is 0 Å². The molecular weight excluding hydrogens is 351 g/mol. The molecule has 0 spiro atoms. The smallest absolute Gasteiger partial charge is 0.251 e. The standard InChI is InChI=1S/C20H25FN2O2S/c1-3-11-23-12-10-20(2,25)18(17(23)16-5-4-13-26-16)22-19(24)14-6-8-15(21)9-7-14/h4-9,13,17-18,25H,3,10-12H2,1-2H3,(H,22,24)/t17-,18-,20+/m0/s1. The molecule has 0 radical (unpaired) electrons. The lowest BCUT2D eigenvalue weighted by Crippen LogP contribution is -2.62. The highest BCUT2D eigenvalue weighted by Gasteiger charge is 2.46. The summed E-state index contributed by atoms with van der Waals surface area (Å²) in [6.07, 6.45) is 1.59. The van der Waals surface area contributed by atoms with E-state index in [9.17, 15) is 14.3 Å². The minimum Gasteiger partial charge on any atom is -0.388 e. The fraction of sp³-hybridized carbons (Fsp3) is 0.450. The Bertz CT molecular complexity index is 731. The third-order valence-electron chi connectivity index (χ3n) is 5.02. The van der Waals surface area contributed by atoms with Crippen LogP contribution in [0.5, 0.6) is 0 Å². The van der Waals surface area contributed by atoms with Crippen LogP contribution in [0.2, 0.25) is 0 Å². The number of piperidine rings is 1. The highest BCUT2D eigenvalue weighted by molar-refractivity contribution is 7.10. The van der Waals surface area contributed by atoms with Crippen LogP contribution in [-0.4, -0.2) is 40.6 Å². The van der Waals surface area contributed by atoms with Crippen molar-refractivity contribution in [2.45, 2.75) is 44.4 Å². The zero-order chi connectivity index (χ0) is 18.7. The Kier molecular flexibility index (Phi) is 5.75. The van der Waals surface area contributed by atoms with Gasteiger partial charge in [-0.3, -0.25) is 9.69 Å². The molecule has 2 aromatic rings. The summed E-state index contributed by atoms with van der Waals surface area (Å²) in [6.45, 7) is 5.60. The van der Waals surface area contributed by atoms with Crippen LogP contribution in [0.15, 0.2) is 41.8 Å². The highest BCUT2D eigenvalue weighted by atomic mass is 32.1. The van der Waals surface area contributed by atoms with Crippen molar-refractivity contribution in [1.29, 1.82) is 0 Å². The van der Waals surface area contributed by atoms with E-state index in [1.165, 1.54) is 24.3 Å². The van der Waals surface area contributed by atoms with E-state index in [2.05, 4.69) is 23.2 Å². The Morgan fingerprint density at radius 2 is 2.12 bits per heavy atom. The van der Waals surface area contributed by atoms with Gasteiger partial charge in [-0.15, -0.1) is 11.3 Å². The normalized spacial score (nSPS) is 26.6. The van der Waals surface area contributed by atoms with Gasteiger partial charge in [0, 0.05) is 17.0 Å². The van der Waals surface area contributed by atoms with E-state index in [4.69, 9.17) is 0 Å². The number of nitrogens with zero attached hydrogens (tertiary/aromatic N) is 1. The fourth-order valence-electron chi connectivity index (χ4n) is 3.62. The molecule has 2 N–H and O–H groups in total. The number of hydrogen-bond acceptors (Lipinski definition) is 4. The molecule has 1 aliphatic heterocycles. The average Bonchev–Trinajstić information content (AvgIpc) is 3.13. The third-order valence-corrected chi connectivity index (χ3v) is 5.97. The molecule has 140 valence electrons. The predicted octanol–water partition coefficient (Wildman–Crippen LogP) is 3.59. The van der Waals surface area contributed by atoms with Gasteiger partial charge < -0.3 is 10.4 Å². The summed E-state index contributed by atoms with van der Waals surface area (Å²) in [5.74, 6) is -0.674. The van der Waals surface area contributed by atoms with Crippen molar-refractivity contribution in [3.05, 3.63) is 58.0 Å². The molecule has 1 amide bonds. The van der Waals surface area contributed by atoms with E-state index in [0.717, 1.165) is 24.4 Å². The topological polar surface area (TPSA) is 52.6 Å². The number of hydrogen-bond donors (Lipinski definition) is 2. The lowest BCUT2D eigenvalue weighted by Gasteiger charge is -2.48. The molecule has 0 bridgehead atoms. The molecule has 1 fully saturated rings. The van der Waals surface area contributed by atoms with Gasteiger partial charge in [0.25, 0.3) is 5.91 Å². The van der Waals surface area contributed by atoms with E-state index < -0.39 is 11.6 Å². The maximum Gasteiger partial charge on any atom is 0.251 e. The van der Waals surface area contributed by atoms with Crippen LogP contribution in [0, 0.1) is 5.82 Å². The molecule has 1 aromatic carbocycles. The maximum absolute atomic E-state index is 13.1. The summed E-state index contributed by atoms with van der Waals surface area (Å²) in [6, 6.07) is 8.99. The monoisotopic (exact) mass is 376 g/mol. The van der Waals surface area contributed by atoms with E-state index in [1.54, 1.807) is 18.3 Å². The Labute approximate surface area is 157 Å². The number of thiophene rings is 1. The molecule has 0 saturated carbocycles. The van der Waals surface area contributed by atoms with E-state index in [-0.39, 0.29) is 17.8 Å². The first kappa shape index (κ1) is 19.0. The summed E-state index contributed by atoms with van der Waals surface area (Å²) >= 11 is 1.63. The van der Waals surface area contributed by atoms with E-state index >= 15 is 0 Å². The molecule has 6 heteroatoms. The molecule has 2 heterocycles. The molecular formula is C20H25FN2O2S. The second-order valence-electron chi connectivity index (χ2n) is 7.06. The largest absolute Gasteiger partial charge is 0.388 e. The van der Waals surface area contributed by atoms with Gasteiger partial charge in [-0.05, 0) is 62.0 Å². The Morgan fingerprint density at radius 3 is 2.73 bits per heavy atom. The van der Waals surface area contributed by atoms with Gasteiger partial charge in [-0.1, -0.05) is 13.0 Å². The lowest BCUT2D eigenvalue weighted by molar-refractivity contribution is -0.0629. The number of benzene rings is 1. The Hall–Kier alpha value is -1.76. The molecule has 1 aromatic heterocycles. The van der Waals surface area contributed by atoms with Gasteiger partial charge in [0.05, 0.1) is 17.7 Å². The Balaban J connectivity index is 1.90. The van der Waals surface area contributed by atoms with Gasteiger partial charge in [-0.25, -0.2) is 4.39 Å².